The first kappa shape index (κ1) is 26.9. The van der Waals surface area contributed by atoms with Crippen molar-refractivity contribution in [3.63, 3.8) is 0 Å². The number of hydrogen-bond acceptors (Lipinski definition) is 3. The summed E-state index contributed by atoms with van der Waals surface area (Å²) in [6.07, 6.45) is 6.05. The molecule has 0 N–H and O–H groups in total. The van der Waals surface area contributed by atoms with Crippen molar-refractivity contribution in [1.29, 1.82) is 0 Å². The van der Waals surface area contributed by atoms with Gasteiger partial charge in [-0.1, -0.05) is 12.1 Å². The first-order valence-electron chi connectivity index (χ1n) is 13.2. The molecule has 36 heavy (non-hydrogen) atoms. The minimum absolute atomic E-state index is 0.0298. The number of halogens is 4. The highest BCUT2D eigenvalue weighted by Crippen LogP contribution is 2.40. The number of hydrogen-bond donors (Lipinski definition) is 0. The molecule has 2 aliphatic rings. The van der Waals surface area contributed by atoms with Crippen LogP contribution >= 0.6 is 0 Å². The van der Waals surface area contributed by atoms with E-state index in [2.05, 4.69) is 0 Å². The molecule has 0 atom stereocenters. The van der Waals surface area contributed by atoms with E-state index in [0.717, 1.165) is 25.7 Å². The van der Waals surface area contributed by atoms with Crippen LogP contribution in [-0.4, -0.2) is 25.4 Å². The molecule has 0 heterocycles. The summed E-state index contributed by atoms with van der Waals surface area (Å²) >= 11 is 0. The first-order valence-corrected chi connectivity index (χ1v) is 13.2. The molecule has 0 aliphatic heterocycles. The van der Waals surface area contributed by atoms with Gasteiger partial charge in [0.25, 0.3) is 0 Å². The summed E-state index contributed by atoms with van der Waals surface area (Å²) in [5, 5.41) is 0. The van der Waals surface area contributed by atoms with Gasteiger partial charge in [0.1, 0.15) is 0 Å². The average Bonchev–Trinajstić information content (AvgIpc) is 2.89. The zero-order valence-corrected chi connectivity index (χ0v) is 21.1. The van der Waals surface area contributed by atoms with Crippen LogP contribution in [-0.2, 0) is 16.1 Å². The molecule has 3 nitrogen and oxygen atoms in total. The number of ether oxygens (including phenoxy) is 3. The van der Waals surface area contributed by atoms with Gasteiger partial charge in [0, 0.05) is 12.2 Å². The van der Waals surface area contributed by atoms with Gasteiger partial charge >= 0.3 is 0 Å². The third-order valence-electron chi connectivity index (χ3n) is 7.67. The monoisotopic (exact) mass is 508 g/mol. The lowest BCUT2D eigenvalue weighted by Crippen LogP contribution is -2.23. The quantitative estimate of drug-likeness (QED) is 0.322. The zero-order valence-electron chi connectivity index (χ0n) is 21.1. The lowest BCUT2D eigenvalue weighted by molar-refractivity contribution is 0.0116. The number of rotatable bonds is 9. The first-order chi connectivity index (χ1) is 17.4. The van der Waals surface area contributed by atoms with Crippen molar-refractivity contribution >= 4 is 0 Å². The maximum atomic E-state index is 15.1. The molecule has 2 aromatic carbocycles. The van der Waals surface area contributed by atoms with E-state index >= 15 is 8.78 Å². The highest BCUT2D eigenvalue weighted by Gasteiger charge is 2.30. The Bertz CT molecular complexity index is 1010. The summed E-state index contributed by atoms with van der Waals surface area (Å²) in [5.41, 5.74) is 1.04. The van der Waals surface area contributed by atoms with E-state index in [1.807, 2.05) is 6.92 Å². The molecule has 0 amide bonds. The van der Waals surface area contributed by atoms with Crippen LogP contribution in [0, 0.1) is 23.3 Å². The lowest BCUT2D eigenvalue weighted by atomic mass is 9.79. The van der Waals surface area contributed by atoms with Crippen LogP contribution in [0.2, 0.25) is 0 Å². The van der Waals surface area contributed by atoms with Gasteiger partial charge in [-0.3, -0.25) is 0 Å². The fourth-order valence-electron chi connectivity index (χ4n) is 5.68. The van der Waals surface area contributed by atoms with Gasteiger partial charge in [0.05, 0.1) is 25.4 Å². The van der Waals surface area contributed by atoms with Crippen molar-refractivity contribution in [3.8, 4) is 5.75 Å². The SMILES string of the molecule is CCOc1ccc(COC2CCC(c3ccc(C4CCC(OCC)CC4)c(F)c3F)CC2)c(F)c1F. The average molecular weight is 509 g/mol. The van der Waals surface area contributed by atoms with Gasteiger partial charge in [0.2, 0.25) is 5.82 Å². The Balaban J connectivity index is 1.31. The summed E-state index contributed by atoms with van der Waals surface area (Å²) in [7, 11) is 0. The molecule has 2 aromatic rings. The van der Waals surface area contributed by atoms with Crippen LogP contribution in [0.25, 0.3) is 0 Å². The van der Waals surface area contributed by atoms with E-state index in [9.17, 15) is 8.78 Å². The van der Waals surface area contributed by atoms with Crippen LogP contribution in [0.1, 0.15) is 93.7 Å². The van der Waals surface area contributed by atoms with Gasteiger partial charge in [0.15, 0.2) is 23.2 Å². The van der Waals surface area contributed by atoms with Crippen molar-refractivity contribution in [1.82, 2.24) is 0 Å². The molecule has 2 aliphatic carbocycles. The summed E-state index contributed by atoms with van der Waals surface area (Å²) in [5.74, 6) is -3.57. The van der Waals surface area contributed by atoms with Crippen molar-refractivity contribution in [2.45, 2.75) is 95.9 Å². The molecule has 0 saturated heterocycles. The summed E-state index contributed by atoms with van der Waals surface area (Å²) in [4.78, 5) is 0. The van der Waals surface area contributed by atoms with Gasteiger partial charge in [-0.2, -0.15) is 4.39 Å². The molecule has 0 unspecified atom stereocenters. The van der Waals surface area contributed by atoms with E-state index in [0.29, 0.717) is 43.4 Å². The third kappa shape index (κ3) is 6.05. The standard InChI is InChI=1S/C29H36F4O3/c1-3-34-21-10-5-18(6-11-21)23-14-15-24(28(32)27(23)31)19-7-12-22(13-8-19)36-17-20-9-16-25(35-4-2)29(33)26(20)30/h9,14-16,18-19,21-22H,3-8,10-13,17H2,1-2H3. The van der Waals surface area contributed by atoms with E-state index in [4.69, 9.17) is 14.2 Å². The van der Waals surface area contributed by atoms with E-state index in [-0.39, 0.29) is 48.6 Å². The van der Waals surface area contributed by atoms with Crippen LogP contribution < -0.4 is 4.74 Å². The molecule has 2 saturated carbocycles. The fraction of sp³-hybridized carbons (Fsp3) is 0.586. The minimum atomic E-state index is -1.01. The highest BCUT2D eigenvalue weighted by atomic mass is 19.2. The van der Waals surface area contributed by atoms with Gasteiger partial charge in [-0.05, 0) is 100 Å². The normalized spacial score (nSPS) is 24.6. The second-order valence-electron chi connectivity index (χ2n) is 9.87. The van der Waals surface area contributed by atoms with Gasteiger partial charge in [-0.15, -0.1) is 0 Å². The predicted molar refractivity (Wildman–Crippen MR) is 130 cm³/mol. The van der Waals surface area contributed by atoms with Crippen molar-refractivity contribution in [3.05, 3.63) is 64.2 Å². The Morgan fingerprint density at radius 2 is 1.14 bits per heavy atom. The fourth-order valence-corrected chi connectivity index (χ4v) is 5.68. The molecular formula is C29H36F4O3. The molecule has 0 spiro atoms. The Labute approximate surface area is 211 Å². The Kier molecular flexibility index (Phi) is 9.29. The molecular weight excluding hydrogens is 472 g/mol. The smallest absolute Gasteiger partial charge is 0.200 e. The van der Waals surface area contributed by atoms with Crippen LogP contribution in [0.4, 0.5) is 17.6 Å². The van der Waals surface area contributed by atoms with Crippen LogP contribution in [0.15, 0.2) is 24.3 Å². The molecule has 0 radical (unpaired) electrons. The molecule has 0 aromatic heterocycles. The Morgan fingerprint density at radius 3 is 1.64 bits per heavy atom. The van der Waals surface area contributed by atoms with Crippen molar-refractivity contribution in [2.24, 2.45) is 0 Å². The second-order valence-corrected chi connectivity index (χ2v) is 9.87. The zero-order chi connectivity index (χ0) is 25.7. The molecule has 0 bridgehead atoms. The molecule has 198 valence electrons. The summed E-state index contributed by atoms with van der Waals surface area (Å²) in [6.45, 7) is 4.56. The Morgan fingerprint density at radius 1 is 0.611 bits per heavy atom. The Hall–Kier alpha value is -2.12. The third-order valence-corrected chi connectivity index (χ3v) is 7.67. The number of benzene rings is 2. The topological polar surface area (TPSA) is 27.7 Å². The van der Waals surface area contributed by atoms with E-state index in [1.54, 1.807) is 19.1 Å². The van der Waals surface area contributed by atoms with Crippen LogP contribution in [0.3, 0.4) is 0 Å². The van der Waals surface area contributed by atoms with Crippen LogP contribution in [0.5, 0.6) is 5.75 Å². The van der Waals surface area contributed by atoms with Crippen molar-refractivity contribution < 1.29 is 31.8 Å². The largest absolute Gasteiger partial charge is 0.491 e. The maximum Gasteiger partial charge on any atom is 0.200 e. The minimum Gasteiger partial charge on any atom is -0.491 e. The molecule has 7 heteroatoms. The second kappa shape index (κ2) is 12.4. The highest BCUT2D eigenvalue weighted by molar-refractivity contribution is 5.32. The van der Waals surface area contributed by atoms with Gasteiger partial charge < -0.3 is 14.2 Å². The maximum absolute atomic E-state index is 15.1. The lowest BCUT2D eigenvalue weighted by Gasteiger charge is -2.31. The molecule has 4 rings (SSSR count). The van der Waals surface area contributed by atoms with Gasteiger partial charge in [-0.25, -0.2) is 13.2 Å². The van der Waals surface area contributed by atoms with Crippen molar-refractivity contribution in [2.75, 3.05) is 13.2 Å². The van der Waals surface area contributed by atoms with E-state index in [1.165, 1.54) is 12.1 Å². The molecule has 2 fully saturated rings. The summed E-state index contributed by atoms with van der Waals surface area (Å²) in [6, 6.07) is 6.40. The van der Waals surface area contributed by atoms with E-state index < -0.39 is 23.3 Å². The predicted octanol–water partition coefficient (Wildman–Crippen LogP) is 7.95. The summed E-state index contributed by atoms with van der Waals surface area (Å²) < 4.78 is 75.2.